The van der Waals surface area contributed by atoms with Crippen molar-refractivity contribution in [3.63, 3.8) is 0 Å². The van der Waals surface area contributed by atoms with Crippen molar-refractivity contribution in [1.29, 1.82) is 0 Å². The van der Waals surface area contributed by atoms with Crippen LogP contribution in [-0.4, -0.2) is 43.0 Å². The normalized spacial score (nSPS) is 25.3. The molecule has 0 radical (unpaired) electrons. The van der Waals surface area contributed by atoms with E-state index in [1.807, 2.05) is 6.92 Å². The summed E-state index contributed by atoms with van der Waals surface area (Å²) in [5.41, 5.74) is 5.86. The number of hydrogen-bond donors (Lipinski definition) is 2. The van der Waals surface area contributed by atoms with Gasteiger partial charge < -0.3 is 11.1 Å². The van der Waals surface area contributed by atoms with Gasteiger partial charge in [0.25, 0.3) is 0 Å². The molecule has 0 aliphatic heterocycles. The van der Waals surface area contributed by atoms with Crippen LogP contribution in [0.2, 0.25) is 0 Å². The molecule has 1 aliphatic carbocycles. The molecule has 3 N–H and O–H groups in total. The summed E-state index contributed by atoms with van der Waals surface area (Å²) in [5.74, 6) is 1.02. The maximum Gasteiger partial charge on any atom is 0.221 e. The Bertz CT molecular complexity index is 262. The molecule has 0 aromatic rings. The highest BCUT2D eigenvalue weighted by Gasteiger charge is 2.27. The van der Waals surface area contributed by atoms with Crippen molar-refractivity contribution in [3.05, 3.63) is 0 Å². The molecule has 19 heavy (non-hydrogen) atoms. The van der Waals surface area contributed by atoms with Crippen molar-refractivity contribution >= 4 is 5.91 Å². The maximum absolute atomic E-state index is 11.7. The molecule has 0 heterocycles. The Morgan fingerprint density at radius 1 is 1.32 bits per heavy atom. The second kappa shape index (κ2) is 8.54. The first-order valence-corrected chi connectivity index (χ1v) is 7.81. The third-order valence-electron chi connectivity index (χ3n) is 4.61. The van der Waals surface area contributed by atoms with Gasteiger partial charge in [0.05, 0.1) is 0 Å². The molecular weight excluding hydrogens is 238 g/mol. The summed E-state index contributed by atoms with van der Waals surface area (Å²) in [4.78, 5) is 14.1. The molecule has 4 nitrogen and oxygen atoms in total. The van der Waals surface area contributed by atoms with Gasteiger partial charge in [0.1, 0.15) is 0 Å². The highest BCUT2D eigenvalue weighted by atomic mass is 16.1. The predicted octanol–water partition coefficient (Wildman–Crippen LogP) is 1.74. The quantitative estimate of drug-likeness (QED) is 0.740. The number of nitrogens with one attached hydrogen (secondary N) is 1. The zero-order valence-corrected chi connectivity index (χ0v) is 12.8. The average Bonchev–Trinajstić information content (AvgIpc) is 2.44. The minimum absolute atomic E-state index is 0.118. The van der Waals surface area contributed by atoms with Crippen molar-refractivity contribution in [2.75, 3.05) is 20.1 Å². The zero-order valence-electron chi connectivity index (χ0n) is 12.8. The SMILES string of the molecule is CCNC(=O)CC(CN)N(C)C1CCC(CC)CC1. The lowest BCUT2D eigenvalue weighted by molar-refractivity contribution is -0.122. The number of carbonyl (C=O) groups is 1. The van der Waals surface area contributed by atoms with Crippen molar-refractivity contribution in [2.24, 2.45) is 11.7 Å². The van der Waals surface area contributed by atoms with E-state index in [-0.39, 0.29) is 11.9 Å². The summed E-state index contributed by atoms with van der Waals surface area (Å²) in [5, 5.41) is 2.86. The van der Waals surface area contributed by atoms with Gasteiger partial charge in [0.15, 0.2) is 0 Å². The Hall–Kier alpha value is -0.610. The number of hydrogen-bond acceptors (Lipinski definition) is 3. The maximum atomic E-state index is 11.7. The van der Waals surface area contributed by atoms with Crippen molar-refractivity contribution in [3.8, 4) is 0 Å². The molecule has 1 amide bonds. The highest BCUT2D eigenvalue weighted by Crippen LogP contribution is 2.29. The van der Waals surface area contributed by atoms with E-state index in [0.717, 1.165) is 5.92 Å². The summed E-state index contributed by atoms with van der Waals surface area (Å²) in [6, 6.07) is 0.778. The number of rotatable bonds is 7. The van der Waals surface area contributed by atoms with Gasteiger partial charge in [-0.25, -0.2) is 0 Å². The highest BCUT2D eigenvalue weighted by molar-refractivity contribution is 5.76. The van der Waals surface area contributed by atoms with Gasteiger partial charge in [0.2, 0.25) is 5.91 Å². The molecule has 1 fully saturated rings. The smallest absolute Gasteiger partial charge is 0.221 e. The Labute approximate surface area is 118 Å². The summed E-state index contributed by atoms with van der Waals surface area (Å²) in [6.07, 6.45) is 6.97. The molecule has 0 aromatic heterocycles. The van der Waals surface area contributed by atoms with Gasteiger partial charge in [-0.05, 0) is 45.6 Å². The van der Waals surface area contributed by atoms with Crippen molar-refractivity contribution in [1.82, 2.24) is 10.2 Å². The number of carbonyl (C=O) groups excluding carboxylic acids is 1. The van der Waals surface area contributed by atoms with Gasteiger partial charge in [0, 0.05) is 31.6 Å². The molecule has 0 bridgehead atoms. The average molecular weight is 269 g/mol. The van der Waals surface area contributed by atoms with E-state index in [9.17, 15) is 4.79 Å². The van der Waals surface area contributed by atoms with E-state index in [1.54, 1.807) is 0 Å². The van der Waals surface area contributed by atoms with E-state index < -0.39 is 0 Å². The first-order chi connectivity index (χ1) is 9.12. The summed E-state index contributed by atoms with van der Waals surface area (Å²) < 4.78 is 0. The molecule has 1 rings (SSSR count). The molecule has 1 aliphatic rings. The monoisotopic (exact) mass is 269 g/mol. The standard InChI is InChI=1S/C15H31N3O/c1-4-12-6-8-13(9-7-12)18(3)14(11-16)10-15(19)17-5-2/h12-14H,4-11,16H2,1-3H3,(H,17,19). The zero-order chi connectivity index (χ0) is 14.3. The fourth-order valence-corrected chi connectivity index (χ4v) is 3.14. The molecule has 4 heteroatoms. The number of likely N-dealkylation sites (N-methyl/N-ethyl adjacent to an activating group) is 1. The fourth-order valence-electron chi connectivity index (χ4n) is 3.14. The van der Waals surface area contributed by atoms with Crippen LogP contribution in [0.25, 0.3) is 0 Å². The fraction of sp³-hybridized carbons (Fsp3) is 0.933. The molecule has 0 spiro atoms. The molecule has 1 atom stereocenters. The topological polar surface area (TPSA) is 58.4 Å². The summed E-state index contributed by atoms with van der Waals surface area (Å²) >= 11 is 0. The minimum atomic E-state index is 0.118. The van der Waals surface area contributed by atoms with Gasteiger partial charge in [-0.1, -0.05) is 13.3 Å². The van der Waals surface area contributed by atoms with Crippen LogP contribution in [0.4, 0.5) is 0 Å². The molecule has 1 unspecified atom stereocenters. The first kappa shape index (κ1) is 16.4. The molecule has 1 saturated carbocycles. The number of nitrogens with zero attached hydrogens (tertiary/aromatic N) is 1. The van der Waals surface area contributed by atoms with Gasteiger partial charge in [-0.3, -0.25) is 9.69 Å². The third kappa shape index (κ3) is 5.11. The summed E-state index contributed by atoms with van der Waals surface area (Å²) in [7, 11) is 2.13. The van der Waals surface area contributed by atoms with Crippen LogP contribution in [0.15, 0.2) is 0 Å². The first-order valence-electron chi connectivity index (χ1n) is 7.81. The van der Waals surface area contributed by atoms with Crippen LogP contribution < -0.4 is 11.1 Å². The number of amides is 1. The van der Waals surface area contributed by atoms with Crippen LogP contribution in [-0.2, 0) is 4.79 Å². The Morgan fingerprint density at radius 2 is 1.95 bits per heavy atom. The molecule has 0 saturated heterocycles. The number of nitrogens with two attached hydrogens (primary N) is 1. The lowest BCUT2D eigenvalue weighted by Crippen LogP contribution is -2.47. The second-order valence-corrected chi connectivity index (χ2v) is 5.80. The van der Waals surface area contributed by atoms with E-state index in [2.05, 4.69) is 24.2 Å². The van der Waals surface area contributed by atoms with Gasteiger partial charge in [-0.15, -0.1) is 0 Å². The largest absolute Gasteiger partial charge is 0.356 e. The Balaban J connectivity index is 2.44. The Morgan fingerprint density at radius 3 is 2.42 bits per heavy atom. The van der Waals surface area contributed by atoms with Gasteiger partial charge >= 0.3 is 0 Å². The lowest BCUT2D eigenvalue weighted by Gasteiger charge is -2.38. The second-order valence-electron chi connectivity index (χ2n) is 5.80. The molecule has 0 aromatic carbocycles. The lowest BCUT2D eigenvalue weighted by atomic mass is 9.83. The van der Waals surface area contributed by atoms with Crippen molar-refractivity contribution in [2.45, 2.75) is 64.5 Å². The summed E-state index contributed by atoms with van der Waals surface area (Å²) in [6.45, 7) is 5.49. The van der Waals surface area contributed by atoms with Crippen molar-refractivity contribution < 1.29 is 4.79 Å². The van der Waals surface area contributed by atoms with E-state index in [4.69, 9.17) is 5.73 Å². The van der Waals surface area contributed by atoms with Crippen LogP contribution in [0.5, 0.6) is 0 Å². The van der Waals surface area contributed by atoms with E-state index in [1.165, 1.54) is 32.1 Å². The Kier molecular flexibility index (Phi) is 7.39. The minimum Gasteiger partial charge on any atom is -0.356 e. The molecular formula is C15H31N3O. The van der Waals surface area contributed by atoms with Crippen LogP contribution in [0.3, 0.4) is 0 Å². The van der Waals surface area contributed by atoms with Crippen LogP contribution in [0, 0.1) is 5.92 Å². The van der Waals surface area contributed by atoms with E-state index >= 15 is 0 Å². The predicted molar refractivity (Wildman–Crippen MR) is 79.9 cm³/mol. The molecule has 112 valence electrons. The van der Waals surface area contributed by atoms with Crippen LogP contribution in [0.1, 0.15) is 52.4 Å². The van der Waals surface area contributed by atoms with Crippen LogP contribution >= 0.6 is 0 Å². The third-order valence-corrected chi connectivity index (χ3v) is 4.61. The van der Waals surface area contributed by atoms with E-state index in [0.29, 0.717) is 25.6 Å². The van der Waals surface area contributed by atoms with Gasteiger partial charge in [-0.2, -0.15) is 0 Å².